The summed E-state index contributed by atoms with van der Waals surface area (Å²) in [5, 5.41) is 8.54. The molecule has 0 bridgehead atoms. The van der Waals surface area contributed by atoms with Gasteiger partial charge in [-0.05, 0) is 6.42 Å². The Morgan fingerprint density at radius 2 is 2.45 bits per heavy atom. The van der Waals surface area contributed by atoms with Crippen LogP contribution in [-0.2, 0) is 9.53 Å². The number of likely N-dealkylation sites (tertiary alicyclic amines) is 1. The van der Waals surface area contributed by atoms with Gasteiger partial charge < -0.3 is 9.84 Å². The van der Waals surface area contributed by atoms with Crippen LogP contribution in [0, 0.1) is 0 Å². The van der Waals surface area contributed by atoms with Gasteiger partial charge in [-0.1, -0.05) is 0 Å². The number of ether oxygens (including phenoxy) is 1. The largest absolute Gasteiger partial charge is 0.465 e. The number of rotatable bonds is 2. The first kappa shape index (κ1) is 7.84. The Morgan fingerprint density at radius 3 is 3.00 bits per heavy atom. The average molecular weight is 159 g/mol. The topological polar surface area (TPSA) is 66.8 Å². The molecule has 1 atom stereocenters. The second kappa shape index (κ2) is 3.23. The number of hydrogen-bond acceptors (Lipinski definition) is 3. The van der Waals surface area contributed by atoms with Gasteiger partial charge in [0.25, 0.3) is 6.47 Å². The van der Waals surface area contributed by atoms with Crippen LogP contribution in [0.1, 0.15) is 12.8 Å². The SMILES string of the molecule is O=COC1CCCN1C(=O)O. The van der Waals surface area contributed by atoms with Gasteiger partial charge in [0.05, 0.1) is 0 Å². The van der Waals surface area contributed by atoms with E-state index in [-0.39, 0.29) is 6.47 Å². The maximum absolute atomic E-state index is 10.4. The third-order valence-corrected chi connectivity index (χ3v) is 1.66. The molecule has 5 heteroatoms. The lowest BCUT2D eigenvalue weighted by Gasteiger charge is -2.18. The molecule has 1 N–H and O–H groups in total. The quantitative estimate of drug-likeness (QED) is 0.587. The molecule has 1 heterocycles. The van der Waals surface area contributed by atoms with Crippen LogP contribution in [0.4, 0.5) is 4.79 Å². The number of carbonyl (C=O) groups excluding carboxylic acids is 1. The molecule has 1 rings (SSSR count). The van der Waals surface area contributed by atoms with Crippen molar-refractivity contribution in [3.63, 3.8) is 0 Å². The van der Waals surface area contributed by atoms with Crippen LogP contribution in [0.3, 0.4) is 0 Å². The number of nitrogens with zero attached hydrogens (tertiary/aromatic N) is 1. The molecule has 1 aliphatic rings. The summed E-state index contributed by atoms with van der Waals surface area (Å²) in [5.41, 5.74) is 0. The van der Waals surface area contributed by atoms with Crippen LogP contribution < -0.4 is 0 Å². The van der Waals surface area contributed by atoms with Crippen LogP contribution in [0.2, 0.25) is 0 Å². The van der Waals surface area contributed by atoms with Gasteiger partial charge in [0.15, 0.2) is 6.23 Å². The van der Waals surface area contributed by atoms with E-state index in [1.54, 1.807) is 0 Å². The van der Waals surface area contributed by atoms with Crippen molar-refractivity contribution >= 4 is 12.6 Å². The molecule has 1 unspecified atom stereocenters. The van der Waals surface area contributed by atoms with E-state index in [0.29, 0.717) is 13.0 Å². The molecule has 11 heavy (non-hydrogen) atoms. The summed E-state index contributed by atoms with van der Waals surface area (Å²) in [6.45, 7) is 0.736. The van der Waals surface area contributed by atoms with Gasteiger partial charge in [-0.2, -0.15) is 0 Å². The Kier molecular flexibility index (Phi) is 2.30. The van der Waals surface area contributed by atoms with Gasteiger partial charge in [-0.3, -0.25) is 9.69 Å². The fourth-order valence-electron chi connectivity index (χ4n) is 1.16. The number of hydrogen-bond donors (Lipinski definition) is 1. The number of carboxylic acid groups (broad SMARTS) is 1. The third-order valence-electron chi connectivity index (χ3n) is 1.66. The summed E-state index contributed by atoms with van der Waals surface area (Å²) < 4.78 is 4.54. The van der Waals surface area contributed by atoms with E-state index in [9.17, 15) is 9.59 Å². The summed E-state index contributed by atoms with van der Waals surface area (Å²) in [7, 11) is 0. The molecule has 1 amide bonds. The monoisotopic (exact) mass is 159 g/mol. The molecule has 0 spiro atoms. The highest BCUT2D eigenvalue weighted by Gasteiger charge is 2.29. The van der Waals surface area contributed by atoms with E-state index in [1.807, 2.05) is 0 Å². The summed E-state index contributed by atoms with van der Waals surface area (Å²) >= 11 is 0. The van der Waals surface area contributed by atoms with E-state index in [2.05, 4.69) is 4.74 Å². The Labute approximate surface area is 63.5 Å². The van der Waals surface area contributed by atoms with Gasteiger partial charge >= 0.3 is 6.09 Å². The molecule has 0 aromatic rings. The van der Waals surface area contributed by atoms with E-state index in [4.69, 9.17) is 5.11 Å². The Balaban J connectivity index is 2.50. The lowest BCUT2D eigenvalue weighted by atomic mass is 10.4. The Morgan fingerprint density at radius 1 is 1.73 bits per heavy atom. The fourth-order valence-corrected chi connectivity index (χ4v) is 1.16. The molecular weight excluding hydrogens is 150 g/mol. The van der Waals surface area contributed by atoms with Crippen molar-refractivity contribution in [2.75, 3.05) is 6.54 Å². The highest BCUT2D eigenvalue weighted by atomic mass is 16.5. The first-order chi connectivity index (χ1) is 5.25. The summed E-state index contributed by atoms with van der Waals surface area (Å²) in [5.74, 6) is 0. The second-order valence-corrected chi connectivity index (χ2v) is 2.31. The predicted molar refractivity (Wildman–Crippen MR) is 34.9 cm³/mol. The van der Waals surface area contributed by atoms with Gasteiger partial charge in [0.1, 0.15) is 0 Å². The first-order valence-corrected chi connectivity index (χ1v) is 3.34. The molecule has 0 saturated carbocycles. The van der Waals surface area contributed by atoms with Crippen LogP contribution >= 0.6 is 0 Å². The lowest BCUT2D eigenvalue weighted by Crippen LogP contribution is -2.35. The first-order valence-electron chi connectivity index (χ1n) is 3.34. The van der Waals surface area contributed by atoms with Crippen molar-refractivity contribution in [1.82, 2.24) is 4.90 Å². The van der Waals surface area contributed by atoms with Crippen LogP contribution in [-0.4, -0.2) is 35.3 Å². The molecular formula is C6H9NO4. The van der Waals surface area contributed by atoms with Gasteiger partial charge in [0, 0.05) is 13.0 Å². The smallest absolute Gasteiger partial charge is 0.410 e. The van der Waals surface area contributed by atoms with Crippen molar-refractivity contribution in [3.8, 4) is 0 Å². The molecule has 0 radical (unpaired) electrons. The van der Waals surface area contributed by atoms with Crippen molar-refractivity contribution in [2.45, 2.75) is 19.1 Å². The van der Waals surface area contributed by atoms with Gasteiger partial charge in [0.2, 0.25) is 0 Å². The molecule has 62 valence electrons. The zero-order valence-corrected chi connectivity index (χ0v) is 5.90. The highest BCUT2D eigenvalue weighted by Crippen LogP contribution is 2.16. The number of amides is 1. The lowest BCUT2D eigenvalue weighted by molar-refractivity contribution is -0.138. The van der Waals surface area contributed by atoms with Crippen LogP contribution in [0.25, 0.3) is 0 Å². The summed E-state index contributed by atoms with van der Waals surface area (Å²) in [6, 6.07) is 0. The minimum absolute atomic E-state index is 0.284. The molecule has 1 aliphatic heterocycles. The van der Waals surface area contributed by atoms with E-state index in [1.165, 1.54) is 0 Å². The summed E-state index contributed by atoms with van der Waals surface area (Å²) in [6.07, 6.45) is -0.241. The van der Waals surface area contributed by atoms with E-state index in [0.717, 1.165) is 11.3 Å². The Hall–Kier alpha value is -1.26. The highest BCUT2D eigenvalue weighted by molar-refractivity contribution is 5.65. The zero-order chi connectivity index (χ0) is 8.27. The summed E-state index contributed by atoms with van der Waals surface area (Å²) in [4.78, 5) is 21.4. The van der Waals surface area contributed by atoms with Gasteiger partial charge in [-0.15, -0.1) is 0 Å². The fraction of sp³-hybridized carbons (Fsp3) is 0.667. The maximum atomic E-state index is 10.4. The molecule has 0 aliphatic carbocycles. The third kappa shape index (κ3) is 1.60. The predicted octanol–water partition coefficient (Wildman–Crippen LogP) is 0.259. The normalized spacial score (nSPS) is 23.3. The maximum Gasteiger partial charge on any atom is 0.410 e. The second-order valence-electron chi connectivity index (χ2n) is 2.31. The van der Waals surface area contributed by atoms with E-state index >= 15 is 0 Å². The molecule has 5 nitrogen and oxygen atoms in total. The van der Waals surface area contributed by atoms with Gasteiger partial charge in [-0.25, -0.2) is 4.79 Å². The molecule has 0 aromatic heterocycles. The Bertz CT molecular complexity index is 170. The van der Waals surface area contributed by atoms with Crippen molar-refractivity contribution < 1.29 is 19.4 Å². The molecule has 1 saturated heterocycles. The van der Waals surface area contributed by atoms with Crippen LogP contribution in [0.5, 0.6) is 0 Å². The molecule has 1 fully saturated rings. The number of carbonyl (C=O) groups is 2. The molecule has 0 aromatic carbocycles. The van der Waals surface area contributed by atoms with E-state index < -0.39 is 12.3 Å². The van der Waals surface area contributed by atoms with Crippen molar-refractivity contribution in [1.29, 1.82) is 0 Å². The average Bonchev–Trinajstić information content (AvgIpc) is 2.36. The standard InChI is InChI=1S/C6H9NO4/c8-4-11-5-2-1-3-7(5)6(9)10/h4-5H,1-3H2,(H,9,10). The minimum atomic E-state index is -1.03. The van der Waals surface area contributed by atoms with Crippen molar-refractivity contribution in [3.05, 3.63) is 0 Å². The van der Waals surface area contributed by atoms with Crippen LogP contribution in [0.15, 0.2) is 0 Å². The minimum Gasteiger partial charge on any atom is -0.465 e. The zero-order valence-electron chi connectivity index (χ0n) is 5.90. The van der Waals surface area contributed by atoms with Crippen molar-refractivity contribution in [2.24, 2.45) is 0 Å².